The number of carbonyl (C=O) groups excluding carboxylic acids is 1. The molecule has 0 aliphatic heterocycles. The Balaban J connectivity index is 2.65. The molecule has 0 bridgehead atoms. The van der Waals surface area contributed by atoms with Crippen LogP contribution < -0.4 is 0 Å². The molecule has 0 heterocycles. The summed E-state index contributed by atoms with van der Waals surface area (Å²) >= 11 is 0. The van der Waals surface area contributed by atoms with E-state index in [2.05, 4.69) is 0 Å². The van der Waals surface area contributed by atoms with Gasteiger partial charge in [-0.2, -0.15) is 0 Å². The molecule has 0 saturated carbocycles. The maximum atomic E-state index is 12.1. The maximum Gasteiger partial charge on any atom is 0.191 e. The van der Waals surface area contributed by atoms with Crippen molar-refractivity contribution in [2.45, 2.75) is 32.5 Å². The lowest BCUT2D eigenvalue weighted by Gasteiger charge is -2.20. The number of carbonyl (C=O) groups is 1. The zero-order chi connectivity index (χ0) is 12.7. The molecule has 0 aliphatic rings. The van der Waals surface area contributed by atoms with Crippen molar-refractivity contribution in [3.63, 3.8) is 0 Å². The van der Waals surface area contributed by atoms with Crippen LogP contribution in [0.1, 0.15) is 30.6 Å². The number of Topliss-reactive ketones (excluding diaryl/α,β-unsaturated/α-hetero) is 1. The van der Waals surface area contributed by atoms with E-state index in [0.29, 0.717) is 18.6 Å². The van der Waals surface area contributed by atoms with Crippen molar-refractivity contribution in [3.05, 3.63) is 35.9 Å². The summed E-state index contributed by atoms with van der Waals surface area (Å²) < 4.78 is 10.7. The van der Waals surface area contributed by atoms with E-state index in [1.54, 1.807) is 7.11 Å². The SMILES string of the molecule is CCC(OC(C)COC)C(=O)c1ccccc1. The van der Waals surface area contributed by atoms with Crippen LogP contribution in [0.2, 0.25) is 0 Å². The van der Waals surface area contributed by atoms with Crippen molar-refractivity contribution in [2.75, 3.05) is 13.7 Å². The molecule has 1 aromatic carbocycles. The van der Waals surface area contributed by atoms with Crippen LogP contribution in [-0.2, 0) is 9.47 Å². The van der Waals surface area contributed by atoms with Crippen molar-refractivity contribution in [2.24, 2.45) is 0 Å². The van der Waals surface area contributed by atoms with Gasteiger partial charge in [-0.05, 0) is 13.3 Å². The van der Waals surface area contributed by atoms with E-state index in [0.717, 1.165) is 0 Å². The Morgan fingerprint density at radius 2 is 1.94 bits per heavy atom. The monoisotopic (exact) mass is 236 g/mol. The highest BCUT2D eigenvalue weighted by Crippen LogP contribution is 2.11. The minimum Gasteiger partial charge on any atom is -0.382 e. The van der Waals surface area contributed by atoms with Crippen molar-refractivity contribution < 1.29 is 14.3 Å². The van der Waals surface area contributed by atoms with Crippen molar-refractivity contribution >= 4 is 5.78 Å². The average molecular weight is 236 g/mol. The Labute approximate surface area is 103 Å². The van der Waals surface area contributed by atoms with Crippen LogP contribution >= 0.6 is 0 Å². The lowest BCUT2D eigenvalue weighted by molar-refractivity contribution is -0.0288. The predicted molar refractivity (Wildman–Crippen MR) is 67.3 cm³/mol. The molecule has 0 aromatic heterocycles. The Morgan fingerprint density at radius 1 is 1.29 bits per heavy atom. The zero-order valence-electron chi connectivity index (χ0n) is 10.7. The van der Waals surface area contributed by atoms with Crippen LogP contribution in [0.15, 0.2) is 30.3 Å². The van der Waals surface area contributed by atoms with E-state index < -0.39 is 0 Å². The molecule has 3 heteroatoms. The van der Waals surface area contributed by atoms with Gasteiger partial charge in [-0.3, -0.25) is 4.79 Å². The highest BCUT2D eigenvalue weighted by atomic mass is 16.5. The van der Waals surface area contributed by atoms with Gasteiger partial charge in [0.05, 0.1) is 12.7 Å². The molecular weight excluding hydrogens is 216 g/mol. The molecule has 94 valence electrons. The third-order valence-electron chi connectivity index (χ3n) is 2.52. The van der Waals surface area contributed by atoms with Crippen LogP contribution in [0.25, 0.3) is 0 Å². The Morgan fingerprint density at radius 3 is 2.47 bits per heavy atom. The molecule has 0 radical (unpaired) electrons. The first-order chi connectivity index (χ1) is 8.19. The second-order valence-electron chi connectivity index (χ2n) is 4.03. The smallest absolute Gasteiger partial charge is 0.191 e. The first-order valence-corrected chi connectivity index (χ1v) is 5.92. The number of hydrogen-bond acceptors (Lipinski definition) is 3. The molecule has 0 fully saturated rings. The summed E-state index contributed by atoms with van der Waals surface area (Å²) in [5, 5.41) is 0. The fraction of sp³-hybridized carbons (Fsp3) is 0.500. The van der Waals surface area contributed by atoms with E-state index in [-0.39, 0.29) is 18.0 Å². The van der Waals surface area contributed by atoms with E-state index in [1.807, 2.05) is 44.2 Å². The fourth-order valence-electron chi connectivity index (χ4n) is 1.69. The summed E-state index contributed by atoms with van der Waals surface area (Å²) in [6.45, 7) is 4.36. The van der Waals surface area contributed by atoms with Gasteiger partial charge >= 0.3 is 0 Å². The van der Waals surface area contributed by atoms with Crippen LogP contribution in [0, 0.1) is 0 Å². The van der Waals surface area contributed by atoms with Gasteiger partial charge in [0, 0.05) is 12.7 Å². The Hall–Kier alpha value is -1.19. The molecule has 0 aliphatic carbocycles. The Bertz CT molecular complexity index is 335. The van der Waals surface area contributed by atoms with E-state index in [4.69, 9.17) is 9.47 Å². The zero-order valence-corrected chi connectivity index (χ0v) is 10.7. The first-order valence-electron chi connectivity index (χ1n) is 5.92. The van der Waals surface area contributed by atoms with E-state index >= 15 is 0 Å². The van der Waals surface area contributed by atoms with Crippen LogP contribution in [-0.4, -0.2) is 31.7 Å². The number of benzene rings is 1. The summed E-state index contributed by atoms with van der Waals surface area (Å²) in [6.07, 6.45) is 0.210. The highest BCUT2D eigenvalue weighted by molar-refractivity contribution is 5.99. The molecule has 1 rings (SSSR count). The highest BCUT2D eigenvalue weighted by Gasteiger charge is 2.20. The summed E-state index contributed by atoms with van der Waals surface area (Å²) in [5.41, 5.74) is 0.698. The van der Waals surface area contributed by atoms with Gasteiger partial charge in [0.2, 0.25) is 0 Å². The fourth-order valence-corrected chi connectivity index (χ4v) is 1.69. The van der Waals surface area contributed by atoms with E-state index in [1.165, 1.54) is 0 Å². The van der Waals surface area contributed by atoms with Gasteiger partial charge in [-0.25, -0.2) is 0 Å². The number of rotatable bonds is 7. The number of ketones is 1. The molecule has 0 spiro atoms. The first kappa shape index (κ1) is 13.9. The number of hydrogen-bond donors (Lipinski definition) is 0. The summed E-state index contributed by atoms with van der Waals surface area (Å²) in [4.78, 5) is 12.1. The molecule has 17 heavy (non-hydrogen) atoms. The van der Waals surface area contributed by atoms with Crippen LogP contribution in [0.5, 0.6) is 0 Å². The quantitative estimate of drug-likeness (QED) is 0.683. The summed E-state index contributed by atoms with van der Waals surface area (Å²) in [5.74, 6) is 0.0380. The number of methoxy groups -OCH3 is 1. The van der Waals surface area contributed by atoms with Gasteiger partial charge in [0.25, 0.3) is 0 Å². The summed E-state index contributed by atoms with van der Waals surface area (Å²) in [6, 6.07) is 9.24. The Kier molecular flexibility index (Phi) is 5.87. The molecule has 3 nitrogen and oxygen atoms in total. The minimum atomic E-state index is -0.387. The van der Waals surface area contributed by atoms with Crippen molar-refractivity contribution in [1.82, 2.24) is 0 Å². The van der Waals surface area contributed by atoms with Gasteiger partial charge in [-0.15, -0.1) is 0 Å². The predicted octanol–water partition coefficient (Wildman–Crippen LogP) is 2.70. The maximum absolute atomic E-state index is 12.1. The van der Waals surface area contributed by atoms with Crippen LogP contribution in [0.4, 0.5) is 0 Å². The topological polar surface area (TPSA) is 35.5 Å². The minimum absolute atomic E-state index is 0.0380. The molecule has 2 unspecified atom stereocenters. The lowest BCUT2D eigenvalue weighted by atomic mass is 10.0. The van der Waals surface area contributed by atoms with Crippen molar-refractivity contribution in [1.29, 1.82) is 0 Å². The third-order valence-corrected chi connectivity index (χ3v) is 2.52. The normalized spacial score (nSPS) is 14.3. The van der Waals surface area contributed by atoms with Crippen LogP contribution in [0.3, 0.4) is 0 Å². The second-order valence-corrected chi connectivity index (χ2v) is 4.03. The molecular formula is C14H20O3. The molecule has 1 aromatic rings. The molecule has 0 saturated heterocycles. The van der Waals surface area contributed by atoms with Gasteiger partial charge in [0.1, 0.15) is 6.10 Å². The lowest BCUT2D eigenvalue weighted by Crippen LogP contribution is -2.29. The second kappa shape index (κ2) is 7.20. The third kappa shape index (κ3) is 4.29. The molecule has 0 N–H and O–H groups in total. The largest absolute Gasteiger partial charge is 0.382 e. The summed E-state index contributed by atoms with van der Waals surface area (Å²) in [7, 11) is 1.62. The number of ether oxygens (including phenoxy) is 2. The van der Waals surface area contributed by atoms with E-state index in [9.17, 15) is 4.79 Å². The average Bonchev–Trinajstić information content (AvgIpc) is 2.36. The standard InChI is InChI=1S/C14H20O3/c1-4-13(17-11(2)10-16-3)14(15)12-8-6-5-7-9-12/h5-9,11,13H,4,10H2,1-3H3. The van der Waals surface area contributed by atoms with Gasteiger partial charge in [0.15, 0.2) is 5.78 Å². The molecule has 0 amide bonds. The van der Waals surface area contributed by atoms with Gasteiger partial charge in [-0.1, -0.05) is 37.3 Å². The molecule has 2 atom stereocenters. The van der Waals surface area contributed by atoms with Gasteiger partial charge < -0.3 is 9.47 Å². The van der Waals surface area contributed by atoms with Crippen molar-refractivity contribution in [3.8, 4) is 0 Å².